The van der Waals surface area contributed by atoms with Crippen molar-refractivity contribution >= 4 is 0 Å². The van der Waals surface area contributed by atoms with Crippen LogP contribution in [0.1, 0.15) is 77.8 Å². The molecule has 1 aromatic rings. The smallest absolute Gasteiger partial charge is 0.123 e. The van der Waals surface area contributed by atoms with E-state index in [0.29, 0.717) is 11.8 Å². The summed E-state index contributed by atoms with van der Waals surface area (Å²) in [5.74, 6) is 2.33. The van der Waals surface area contributed by atoms with E-state index in [1.54, 1.807) is 0 Å². The van der Waals surface area contributed by atoms with Gasteiger partial charge in [0.25, 0.3) is 0 Å². The molecule has 0 unspecified atom stereocenters. The summed E-state index contributed by atoms with van der Waals surface area (Å²) in [6.45, 7) is 13.7. The van der Waals surface area contributed by atoms with Crippen LogP contribution < -0.4 is 4.74 Å². The van der Waals surface area contributed by atoms with Crippen molar-refractivity contribution in [2.24, 2.45) is 5.92 Å². The number of hydrogen-bond acceptors (Lipinski definition) is 1. The van der Waals surface area contributed by atoms with Crippen LogP contribution in [0.3, 0.4) is 0 Å². The van der Waals surface area contributed by atoms with Gasteiger partial charge in [0.05, 0.1) is 0 Å². The SMILES string of the molecule is CCC(C)(C)c1ccc2c(c1)OC(C)(C)[C@@H]1CC=C(C)C[C@@H]21. The van der Waals surface area contributed by atoms with Gasteiger partial charge in [-0.25, -0.2) is 0 Å². The van der Waals surface area contributed by atoms with Gasteiger partial charge in [-0.05, 0) is 68.6 Å². The summed E-state index contributed by atoms with van der Waals surface area (Å²) in [5, 5.41) is 0. The lowest BCUT2D eigenvalue weighted by Gasteiger charge is -2.47. The highest BCUT2D eigenvalue weighted by Gasteiger charge is 2.44. The first kappa shape index (κ1) is 15.6. The standard InChI is InChI=1S/C21H30O/c1-7-20(3,4)15-9-10-16-17-12-14(2)8-11-18(17)21(5,6)22-19(16)13-15/h8-10,13,17-18H,7,11-12H2,1-6H3/t17-,18+/m0/s1. The normalized spacial score (nSPS) is 26.5. The van der Waals surface area contributed by atoms with Crippen molar-refractivity contribution in [2.45, 2.75) is 77.7 Å². The summed E-state index contributed by atoms with van der Waals surface area (Å²) < 4.78 is 6.48. The molecule has 0 radical (unpaired) electrons. The van der Waals surface area contributed by atoms with Gasteiger partial charge in [-0.3, -0.25) is 0 Å². The second-order valence-electron chi connectivity index (χ2n) is 8.40. The molecule has 0 aromatic heterocycles. The fourth-order valence-corrected chi connectivity index (χ4v) is 4.07. The Morgan fingerprint density at radius 1 is 1.27 bits per heavy atom. The molecule has 0 spiro atoms. The highest BCUT2D eigenvalue weighted by atomic mass is 16.5. The number of benzene rings is 1. The van der Waals surface area contributed by atoms with E-state index in [9.17, 15) is 0 Å². The lowest BCUT2D eigenvalue weighted by Crippen LogP contribution is -2.45. The summed E-state index contributed by atoms with van der Waals surface area (Å²) in [6, 6.07) is 6.98. The van der Waals surface area contributed by atoms with Crippen LogP contribution >= 0.6 is 0 Å². The Labute approximate surface area is 135 Å². The van der Waals surface area contributed by atoms with Gasteiger partial charge < -0.3 is 4.74 Å². The average Bonchev–Trinajstić information content (AvgIpc) is 2.45. The maximum absolute atomic E-state index is 6.48. The van der Waals surface area contributed by atoms with E-state index in [2.05, 4.69) is 65.8 Å². The van der Waals surface area contributed by atoms with Gasteiger partial charge in [0.2, 0.25) is 0 Å². The van der Waals surface area contributed by atoms with Crippen molar-refractivity contribution in [1.29, 1.82) is 0 Å². The average molecular weight is 298 g/mol. The zero-order valence-electron chi connectivity index (χ0n) is 15.0. The van der Waals surface area contributed by atoms with Crippen molar-refractivity contribution < 1.29 is 4.74 Å². The minimum atomic E-state index is -0.0795. The zero-order valence-corrected chi connectivity index (χ0v) is 15.0. The van der Waals surface area contributed by atoms with Crippen LogP contribution in [0.15, 0.2) is 29.8 Å². The molecule has 1 aromatic carbocycles. The Morgan fingerprint density at radius 3 is 2.68 bits per heavy atom. The fraction of sp³-hybridized carbons (Fsp3) is 0.619. The summed E-state index contributed by atoms with van der Waals surface area (Å²) in [7, 11) is 0. The first-order valence-electron chi connectivity index (χ1n) is 8.73. The quantitative estimate of drug-likeness (QED) is 0.610. The van der Waals surface area contributed by atoms with Crippen LogP contribution in [-0.4, -0.2) is 5.60 Å². The van der Waals surface area contributed by atoms with Gasteiger partial charge in [0.15, 0.2) is 0 Å². The third-order valence-electron chi connectivity index (χ3n) is 6.09. The van der Waals surface area contributed by atoms with E-state index < -0.39 is 0 Å². The highest BCUT2D eigenvalue weighted by molar-refractivity contribution is 5.46. The molecule has 1 nitrogen and oxygen atoms in total. The molecule has 1 aliphatic carbocycles. The van der Waals surface area contributed by atoms with Gasteiger partial charge in [0.1, 0.15) is 11.4 Å². The molecule has 22 heavy (non-hydrogen) atoms. The molecule has 1 heteroatoms. The number of hydrogen-bond donors (Lipinski definition) is 0. The summed E-state index contributed by atoms with van der Waals surface area (Å²) in [5.41, 5.74) is 4.48. The Morgan fingerprint density at radius 2 is 2.00 bits per heavy atom. The van der Waals surface area contributed by atoms with E-state index >= 15 is 0 Å². The molecule has 1 aliphatic heterocycles. The Kier molecular flexibility index (Phi) is 3.66. The predicted octanol–water partition coefficient (Wildman–Crippen LogP) is 5.99. The minimum absolute atomic E-state index is 0.0795. The summed E-state index contributed by atoms with van der Waals surface area (Å²) in [4.78, 5) is 0. The van der Waals surface area contributed by atoms with E-state index in [-0.39, 0.29) is 11.0 Å². The predicted molar refractivity (Wildman–Crippen MR) is 93.7 cm³/mol. The van der Waals surface area contributed by atoms with E-state index in [1.165, 1.54) is 23.1 Å². The Bertz CT molecular complexity index is 606. The van der Waals surface area contributed by atoms with Crippen molar-refractivity contribution in [3.63, 3.8) is 0 Å². The van der Waals surface area contributed by atoms with Crippen LogP contribution in [0.5, 0.6) is 5.75 Å². The molecular weight excluding hydrogens is 268 g/mol. The molecule has 0 saturated heterocycles. The number of allylic oxidation sites excluding steroid dienone is 2. The first-order valence-corrected chi connectivity index (χ1v) is 8.73. The van der Waals surface area contributed by atoms with Crippen molar-refractivity contribution in [1.82, 2.24) is 0 Å². The summed E-state index contributed by atoms with van der Waals surface area (Å²) >= 11 is 0. The van der Waals surface area contributed by atoms with Crippen molar-refractivity contribution in [2.75, 3.05) is 0 Å². The second kappa shape index (κ2) is 5.15. The molecule has 2 aliphatic rings. The van der Waals surface area contributed by atoms with Gasteiger partial charge in [-0.1, -0.05) is 44.6 Å². The van der Waals surface area contributed by atoms with Crippen LogP contribution in [0.25, 0.3) is 0 Å². The summed E-state index contributed by atoms with van der Waals surface area (Å²) in [6.07, 6.45) is 5.88. The third-order valence-corrected chi connectivity index (χ3v) is 6.09. The monoisotopic (exact) mass is 298 g/mol. The molecule has 1 heterocycles. The van der Waals surface area contributed by atoms with Gasteiger partial charge in [0, 0.05) is 5.92 Å². The molecule has 3 rings (SSSR count). The minimum Gasteiger partial charge on any atom is -0.487 e. The second-order valence-corrected chi connectivity index (χ2v) is 8.40. The van der Waals surface area contributed by atoms with Gasteiger partial charge in [-0.15, -0.1) is 0 Å². The highest BCUT2D eigenvalue weighted by Crippen LogP contribution is 2.51. The topological polar surface area (TPSA) is 9.23 Å². The fourth-order valence-electron chi connectivity index (χ4n) is 4.07. The lowest BCUT2D eigenvalue weighted by molar-refractivity contribution is 0.00838. The maximum Gasteiger partial charge on any atom is 0.123 e. The molecule has 0 bridgehead atoms. The maximum atomic E-state index is 6.48. The molecule has 120 valence electrons. The molecule has 0 N–H and O–H groups in total. The van der Waals surface area contributed by atoms with Crippen LogP contribution in [0, 0.1) is 5.92 Å². The molecule has 2 atom stereocenters. The first-order chi connectivity index (χ1) is 10.2. The van der Waals surface area contributed by atoms with Gasteiger partial charge in [-0.2, -0.15) is 0 Å². The van der Waals surface area contributed by atoms with Gasteiger partial charge >= 0.3 is 0 Å². The lowest BCUT2D eigenvalue weighted by atomic mass is 9.67. The van der Waals surface area contributed by atoms with Crippen molar-refractivity contribution in [3.8, 4) is 5.75 Å². The number of fused-ring (bicyclic) bond motifs is 3. The van der Waals surface area contributed by atoms with Crippen LogP contribution in [-0.2, 0) is 5.41 Å². The number of rotatable bonds is 2. The molecule has 0 fully saturated rings. The van der Waals surface area contributed by atoms with Crippen LogP contribution in [0.4, 0.5) is 0 Å². The Balaban J connectivity index is 2.06. The van der Waals surface area contributed by atoms with Crippen molar-refractivity contribution in [3.05, 3.63) is 41.0 Å². The van der Waals surface area contributed by atoms with E-state index in [4.69, 9.17) is 4.74 Å². The third kappa shape index (κ3) is 2.49. The van der Waals surface area contributed by atoms with Crippen LogP contribution in [0.2, 0.25) is 0 Å². The van der Waals surface area contributed by atoms with E-state index in [0.717, 1.165) is 18.6 Å². The zero-order chi connectivity index (χ0) is 16.1. The largest absolute Gasteiger partial charge is 0.487 e. The molecular formula is C21H30O. The molecule has 0 saturated carbocycles. The Hall–Kier alpha value is -1.24. The van der Waals surface area contributed by atoms with E-state index in [1.807, 2.05) is 0 Å². The molecule has 0 amide bonds. The number of ether oxygens (including phenoxy) is 1.